The molecule has 5 nitrogen and oxygen atoms in total. The Morgan fingerprint density at radius 3 is 2.73 bits per heavy atom. The minimum atomic E-state index is 0.882. The van der Waals surface area contributed by atoms with Crippen LogP contribution in [0.1, 0.15) is 29.9 Å². The quantitative estimate of drug-likeness (QED) is 0.870. The molecule has 0 aromatic carbocycles. The van der Waals surface area contributed by atoms with E-state index < -0.39 is 0 Å². The van der Waals surface area contributed by atoms with E-state index in [4.69, 9.17) is 4.42 Å². The number of furan rings is 1. The van der Waals surface area contributed by atoms with E-state index in [2.05, 4.69) is 19.8 Å². The topological polar surface area (TPSA) is 45.4 Å². The van der Waals surface area contributed by atoms with E-state index in [1.54, 1.807) is 12.6 Å². The van der Waals surface area contributed by atoms with Gasteiger partial charge in [0.2, 0.25) is 0 Å². The molecular weight excluding hydrogens is 276 g/mol. The van der Waals surface area contributed by atoms with Crippen LogP contribution in [0.5, 0.6) is 0 Å². The number of hydrogen-bond donors (Lipinski definition) is 0. The van der Waals surface area contributed by atoms with Crippen LogP contribution in [0.2, 0.25) is 0 Å². The van der Waals surface area contributed by atoms with Crippen molar-refractivity contribution < 1.29 is 4.42 Å². The lowest BCUT2D eigenvalue weighted by molar-refractivity contribution is 0.255. The van der Waals surface area contributed by atoms with Gasteiger partial charge >= 0.3 is 0 Å². The second-order valence-corrected chi connectivity index (χ2v) is 6.17. The Morgan fingerprint density at radius 2 is 1.91 bits per heavy atom. The number of nitrogens with zero attached hydrogens (tertiary/aromatic N) is 4. The zero-order valence-electron chi connectivity index (χ0n) is 12.9. The summed E-state index contributed by atoms with van der Waals surface area (Å²) in [5.41, 5.74) is 2.60. The van der Waals surface area contributed by atoms with Crippen LogP contribution in [0.4, 0.5) is 5.82 Å². The average molecular weight is 298 g/mol. The van der Waals surface area contributed by atoms with Gasteiger partial charge in [0.25, 0.3) is 0 Å². The van der Waals surface area contributed by atoms with Gasteiger partial charge in [-0.15, -0.1) is 0 Å². The van der Waals surface area contributed by atoms with Crippen molar-refractivity contribution in [3.05, 3.63) is 41.7 Å². The Labute approximate surface area is 131 Å². The maximum absolute atomic E-state index is 5.48. The van der Waals surface area contributed by atoms with Crippen LogP contribution in [-0.2, 0) is 19.4 Å². The molecule has 5 heteroatoms. The second kappa shape index (κ2) is 6.08. The van der Waals surface area contributed by atoms with E-state index in [0.717, 1.165) is 51.3 Å². The summed E-state index contributed by atoms with van der Waals surface area (Å²) < 4.78 is 5.48. The molecule has 1 saturated heterocycles. The van der Waals surface area contributed by atoms with E-state index >= 15 is 0 Å². The molecule has 1 fully saturated rings. The summed E-state index contributed by atoms with van der Waals surface area (Å²) >= 11 is 0. The first kappa shape index (κ1) is 13.8. The third kappa shape index (κ3) is 2.73. The summed E-state index contributed by atoms with van der Waals surface area (Å²) in [5, 5.41) is 0. The van der Waals surface area contributed by atoms with E-state index in [0.29, 0.717) is 0 Å². The molecule has 116 valence electrons. The van der Waals surface area contributed by atoms with Gasteiger partial charge in [-0.3, -0.25) is 4.90 Å². The summed E-state index contributed by atoms with van der Waals surface area (Å²) in [6, 6.07) is 4.01. The van der Waals surface area contributed by atoms with Crippen molar-refractivity contribution in [2.45, 2.75) is 32.2 Å². The Bertz CT molecular complexity index is 620. The summed E-state index contributed by atoms with van der Waals surface area (Å²) in [6.07, 6.45) is 8.09. The van der Waals surface area contributed by atoms with Crippen molar-refractivity contribution >= 4 is 5.82 Å². The number of hydrogen-bond acceptors (Lipinski definition) is 5. The van der Waals surface area contributed by atoms with Crippen LogP contribution >= 0.6 is 0 Å². The molecule has 0 radical (unpaired) electrons. The summed E-state index contributed by atoms with van der Waals surface area (Å²) in [7, 11) is 0. The maximum atomic E-state index is 5.48. The monoisotopic (exact) mass is 298 g/mol. The third-order valence-corrected chi connectivity index (χ3v) is 4.72. The van der Waals surface area contributed by atoms with Gasteiger partial charge in [-0.1, -0.05) is 0 Å². The first-order chi connectivity index (χ1) is 10.9. The fourth-order valence-corrected chi connectivity index (χ4v) is 3.54. The Morgan fingerprint density at radius 1 is 1.05 bits per heavy atom. The molecule has 0 bridgehead atoms. The predicted octanol–water partition coefficient (Wildman–Crippen LogP) is 2.27. The molecule has 0 atom stereocenters. The van der Waals surface area contributed by atoms with Crippen molar-refractivity contribution in [2.75, 3.05) is 31.1 Å². The first-order valence-electron chi connectivity index (χ1n) is 8.22. The molecule has 2 aliphatic rings. The van der Waals surface area contributed by atoms with Crippen molar-refractivity contribution in [1.82, 2.24) is 14.9 Å². The lowest BCUT2D eigenvalue weighted by Crippen LogP contribution is -2.26. The van der Waals surface area contributed by atoms with E-state index in [9.17, 15) is 0 Å². The van der Waals surface area contributed by atoms with Crippen molar-refractivity contribution in [1.29, 1.82) is 0 Å². The van der Waals surface area contributed by atoms with Crippen LogP contribution in [0.15, 0.2) is 29.1 Å². The molecule has 0 saturated carbocycles. The number of anilines is 1. The van der Waals surface area contributed by atoms with Crippen molar-refractivity contribution in [2.24, 2.45) is 0 Å². The van der Waals surface area contributed by atoms with Crippen molar-refractivity contribution in [3.63, 3.8) is 0 Å². The van der Waals surface area contributed by atoms with Gasteiger partial charge in [-0.25, -0.2) is 9.97 Å². The van der Waals surface area contributed by atoms with Gasteiger partial charge in [-0.2, -0.15) is 0 Å². The van der Waals surface area contributed by atoms with Gasteiger partial charge in [-0.05, 0) is 31.4 Å². The van der Waals surface area contributed by atoms with Gasteiger partial charge in [0.15, 0.2) is 0 Å². The van der Waals surface area contributed by atoms with Crippen LogP contribution < -0.4 is 4.90 Å². The molecule has 2 aliphatic heterocycles. The SMILES string of the molecule is c1coc(CN2CCc3ncnc(N4CCCC4)c3CC2)c1. The fraction of sp³-hybridized carbons (Fsp3) is 0.529. The fourth-order valence-electron chi connectivity index (χ4n) is 3.54. The second-order valence-electron chi connectivity index (χ2n) is 6.17. The van der Waals surface area contributed by atoms with E-state index in [1.807, 2.05) is 12.1 Å². The molecule has 2 aromatic heterocycles. The number of fused-ring (bicyclic) bond motifs is 1. The first-order valence-corrected chi connectivity index (χ1v) is 8.22. The lowest BCUT2D eigenvalue weighted by atomic mass is 10.1. The highest BCUT2D eigenvalue weighted by molar-refractivity contribution is 5.50. The third-order valence-electron chi connectivity index (χ3n) is 4.72. The highest BCUT2D eigenvalue weighted by atomic mass is 16.3. The molecule has 0 spiro atoms. The molecule has 0 aliphatic carbocycles. The van der Waals surface area contributed by atoms with Crippen LogP contribution in [0, 0.1) is 0 Å². The normalized spacial score (nSPS) is 19.2. The van der Waals surface area contributed by atoms with E-state index in [-0.39, 0.29) is 0 Å². The zero-order chi connectivity index (χ0) is 14.8. The average Bonchev–Trinajstić information content (AvgIpc) is 3.20. The molecular formula is C17H22N4O. The van der Waals surface area contributed by atoms with Gasteiger partial charge in [0.05, 0.1) is 18.5 Å². The smallest absolute Gasteiger partial charge is 0.135 e. The summed E-state index contributed by atoms with van der Waals surface area (Å²) in [6.45, 7) is 5.23. The minimum absolute atomic E-state index is 0.882. The maximum Gasteiger partial charge on any atom is 0.135 e. The summed E-state index contributed by atoms with van der Waals surface area (Å²) in [4.78, 5) is 14.0. The molecule has 4 rings (SSSR count). The largest absolute Gasteiger partial charge is 0.468 e. The minimum Gasteiger partial charge on any atom is -0.468 e. The van der Waals surface area contributed by atoms with Crippen LogP contribution in [-0.4, -0.2) is 41.0 Å². The standard InChI is InChI=1S/C17H22N4O/c1-2-8-21(7-1)17-15-5-9-20(12-14-4-3-11-22-14)10-6-16(15)18-13-19-17/h3-4,11,13H,1-2,5-10,12H2. The van der Waals surface area contributed by atoms with Crippen molar-refractivity contribution in [3.8, 4) is 0 Å². The Kier molecular flexibility index (Phi) is 3.81. The molecule has 0 amide bonds. The molecule has 22 heavy (non-hydrogen) atoms. The number of aromatic nitrogens is 2. The highest BCUT2D eigenvalue weighted by Crippen LogP contribution is 2.26. The van der Waals surface area contributed by atoms with Crippen LogP contribution in [0.25, 0.3) is 0 Å². The molecule has 4 heterocycles. The summed E-state index contributed by atoms with van der Waals surface area (Å²) in [5.74, 6) is 2.22. The van der Waals surface area contributed by atoms with Gasteiger partial charge in [0.1, 0.15) is 17.9 Å². The lowest BCUT2D eigenvalue weighted by Gasteiger charge is -2.21. The molecule has 0 unspecified atom stereocenters. The number of rotatable bonds is 3. The van der Waals surface area contributed by atoms with E-state index in [1.165, 1.54) is 29.9 Å². The van der Waals surface area contributed by atoms with Gasteiger partial charge in [0, 0.05) is 38.2 Å². The predicted molar refractivity (Wildman–Crippen MR) is 84.9 cm³/mol. The molecule has 0 N–H and O–H groups in total. The Hall–Kier alpha value is -1.88. The van der Waals surface area contributed by atoms with Crippen LogP contribution in [0.3, 0.4) is 0 Å². The molecule has 2 aromatic rings. The highest BCUT2D eigenvalue weighted by Gasteiger charge is 2.23. The Balaban J connectivity index is 1.52. The van der Waals surface area contributed by atoms with Gasteiger partial charge < -0.3 is 9.32 Å². The zero-order valence-corrected chi connectivity index (χ0v) is 12.9.